The van der Waals surface area contributed by atoms with Gasteiger partial charge in [-0.1, -0.05) is 0 Å². The summed E-state index contributed by atoms with van der Waals surface area (Å²) in [6.07, 6.45) is 3.77. The number of carbonyl (C=O) groups excluding carboxylic acids is 1. The highest BCUT2D eigenvalue weighted by Gasteiger charge is 2.39. The molecule has 0 aliphatic heterocycles. The van der Waals surface area contributed by atoms with E-state index in [4.69, 9.17) is 18.0 Å². The van der Waals surface area contributed by atoms with E-state index in [-0.39, 0.29) is 5.97 Å². The summed E-state index contributed by atoms with van der Waals surface area (Å²) < 4.78 is 22.5. The first kappa shape index (κ1) is 18.8. The van der Waals surface area contributed by atoms with Crippen LogP contribution < -0.4 is 0 Å². The highest BCUT2D eigenvalue weighted by atomic mass is 28.4. The van der Waals surface area contributed by atoms with Crippen molar-refractivity contribution in [1.29, 1.82) is 0 Å². The first-order valence-corrected chi connectivity index (χ1v) is 9.59. The van der Waals surface area contributed by atoms with E-state index in [0.717, 1.165) is 0 Å². The molecule has 0 saturated carbocycles. The molecule has 0 aliphatic carbocycles. The fraction of sp³-hybridized carbons (Fsp3) is 0.600. The molecule has 6 nitrogen and oxygen atoms in total. The van der Waals surface area contributed by atoms with Crippen LogP contribution >= 0.6 is 0 Å². The Kier molecular flexibility index (Phi) is 8.91. The van der Waals surface area contributed by atoms with Crippen molar-refractivity contribution in [3.8, 4) is 0 Å². The molecule has 0 fully saturated rings. The lowest BCUT2D eigenvalue weighted by atomic mass is 10.3. The maximum atomic E-state index is 11.8. The van der Waals surface area contributed by atoms with Crippen LogP contribution in [-0.4, -0.2) is 46.2 Å². The van der Waals surface area contributed by atoms with Gasteiger partial charge in [-0.2, -0.15) is 0 Å². The minimum Gasteiger partial charge on any atom is -0.462 e. The smallest absolute Gasteiger partial charge is 0.462 e. The number of hydrogen-bond donors (Lipinski definition) is 0. The summed E-state index contributed by atoms with van der Waals surface area (Å²) in [7, 11) is -2.65. The van der Waals surface area contributed by atoms with E-state index in [1.54, 1.807) is 24.5 Å². The maximum absolute atomic E-state index is 11.8. The number of pyridine rings is 1. The molecule has 0 unspecified atom stereocenters. The molecular weight excluding hydrogens is 302 g/mol. The molecule has 0 aromatic carbocycles. The number of rotatable bonds is 11. The standard InChI is InChI=1S/C15H25NO5Si/c1-4-19-22(20-5-2,21-6-3)13-7-12-18-15(17)14-8-10-16-11-9-14/h8-11H,4-7,12-13H2,1-3H3. The minimum atomic E-state index is -2.65. The fourth-order valence-corrected chi connectivity index (χ4v) is 4.61. The molecular formula is C15H25NO5Si. The van der Waals surface area contributed by atoms with Crippen molar-refractivity contribution in [2.45, 2.75) is 33.2 Å². The molecule has 0 spiro atoms. The van der Waals surface area contributed by atoms with Crippen LogP contribution in [0.5, 0.6) is 0 Å². The molecule has 1 aromatic heterocycles. The Morgan fingerprint density at radius 2 is 1.59 bits per heavy atom. The number of nitrogens with zero attached hydrogens (tertiary/aromatic N) is 1. The lowest BCUT2D eigenvalue weighted by molar-refractivity contribution is 0.0468. The largest absolute Gasteiger partial charge is 0.501 e. The zero-order valence-electron chi connectivity index (χ0n) is 13.5. The molecule has 0 amide bonds. The van der Waals surface area contributed by atoms with Crippen molar-refractivity contribution in [2.24, 2.45) is 0 Å². The summed E-state index contributed by atoms with van der Waals surface area (Å²) >= 11 is 0. The second kappa shape index (κ2) is 10.4. The van der Waals surface area contributed by atoms with Crippen molar-refractivity contribution in [3.63, 3.8) is 0 Å². The SMILES string of the molecule is CCO[Si](CCCOC(=O)c1ccncc1)(OCC)OCC. The van der Waals surface area contributed by atoms with Gasteiger partial charge in [-0.3, -0.25) is 4.98 Å². The van der Waals surface area contributed by atoms with Crippen molar-refractivity contribution in [2.75, 3.05) is 26.4 Å². The van der Waals surface area contributed by atoms with Crippen molar-refractivity contribution < 1.29 is 22.8 Å². The molecule has 22 heavy (non-hydrogen) atoms. The number of hydrogen-bond acceptors (Lipinski definition) is 6. The summed E-state index contributed by atoms with van der Waals surface area (Å²) in [4.78, 5) is 15.7. The van der Waals surface area contributed by atoms with Crippen molar-refractivity contribution >= 4 is 14.8 Å². The first-order chi connectivity index (χ1) is 10.7. The van der Waals surface area contributed by atoms with Gasteiger partial charge in [0.15, 0.2) is 0 Å². The zero-order valence-corrected chi connectivity index (χ0v) is 14.5. The molecule has 0 atom stereocenters. The third-order valence-electron chi connectivity index (χ3n) is 2.87. The number of ether oxygens (including phenoxy) is 1. The van der Waals surface area contributed by atoms with Crippen LogP contribution in [0.2, 0.25) is 6.04 Å². The second-order valence-electron chi connectivity index (χ2n) is 4.46. The van der Waals surface area contributed by atoms with Gasteiger partial charge in [0.25, 0.3) is 0 Å². The summed E-state index contributed by atoms with van der Waals surface area (Å²) in [5, 5.41) is 0. The summed E-state index contributed by atoms with van der Waals surface area (Å²) in [6.45, 7) is 7.70. The minimum absolute atomic E-state index is 0.309. The predicted molar refractivity (Wildman–Crippen MR) is 84.6 cm³/mol. The topological polar surface area (TPSA) is 66.9 Å². The van der Waals surface area contributed by atoms with Gasteiger partial charge in [0.2, 0.25) is 0 Å². The van der Waals surface area contributed by atoms with Gasteiger partial charge in [-0.15, -0.1) is 0 Å². The highest BCUT2D eigenvalue weighted by molar-refractivity contribution is 6.60. The number of esters is 1. The van der Waals surface area contributed by atoms with Gasteiger partial charge in [0.05, 0.1) is 12.2 Å². The molecule has 0 bridgehead atoms. The second-order valence-corrected chi connectivity index (χ2v) is 7.19. The fourth-order valence-electron chi connectivity index (χ4n) is 2.03. The van der Waals surface area contributed by atoms with E-state index in [2.05, 4.69) is 4.98 Å². The third-order valence-corrected chi connectivity index (χ3v) is 6.02. The van der Waals surface area contributed by atoms with E-state index < -0.39 is 8.80 Å². The first-order valence-electron chi connectivity index (χ1n) is 7.66. The summed E-state index contributed by atoms with van der Waals surface area (Å²) in [5.41, 5.74) is 0.498. The van der Waals surface area contributed by atoms with Gasteiger partial charge in [0, 0.05) is 38.3 Å². The van der Waals surface area contributed by atoms with Crippen LogP contribution in [0.25, 0.3) is 0 Å². The third kappa shape index (κ3) is 6.23. The van der Waals surface area contributed by atoms with Crippen LogP contribution in [0.15, 0.2) is 24.5 Å². The number of aromatic nitrogens is 1. The maximum Gasteiger partial charge on any atom is 0.501 e. The van der Waals surface area contributed by atoms with Crippen LogP contribution in [0, 0.1) is 0 Å². The summed E-state index contributed by atoms with van der Waals surface area (Å²) in [5.74, 6) is -0.348. The molecule has 0 radical (unpaired) electrons. The van der Waals surface area contributed by atoms with Gasteiger partial charge in [-0.05, 0) is 39.3 Å². The Morgan fingerprint density at radius 1 is 1.05 bits per heavy atom. The quantitative estimate of drug-likeness (QED) is 0.354. The van der Waals surface area contributed by atoms with E-state index in [1.807, 2.05) is 20.8 Å². The average Bonchev–Trinajstić information content (AvgIpc) is 2.53. The molecule has 124 valence electrons. The monoisotopic (exact) mass is 327 g/mol. The van der Waals surface area contributed by atoms with Gasteiger partial charge < -0.3 is 18.0 Å². The Labute approximate surface area is 133 Å². The average molecular weight is 327 g/mol. The van der Waals surface area contributed by atoms with E-state index in [1.165, 1.54) is 0 Å². The molecule has 0 aliphatic rings. The lowest BCUT2D eigenvalue weighted by Gasteiger charge is -2.28. The van der Waals surface area contributed by atoms with Crippen molar-refractivity contribution in [3.05, 3.63) is 30.1 Å². The Bertz CT molecular complexity index is 412. The van der Waals surface area contributed by atoms with E-state index in [0.29, 0.717) is 44.5 Å². The summed E-state index contributed by atoms with van der Waals surface area (Å²) in [6, 6.07) is 3.88. The zero-order chi connectivity index (χ0) is 16.3. The normalized spacial score (nSPS) is 11.4. The molecule has 0 saturated heterocycles. The van der Waals surface area contributed by atoms with Gasteiger partial charge >= 0.3 is 14.8 Å². The molecule has 1 aromatic rings. The lowest BCUT2D eigenvalue weighted by Crippen LogP contribution is -2.46. The van der Waals surface area contributed by atoms with Crippen LogP contribution in [0.1, 0.15) is 37.6 Å². The molecule has 1 heterocycles. The molecule has 1 rings (SSSR count). The Morgan fingerprint density at radius 3 is 2.09 bits per heavy atom. The van der Waals surface area contributed by atoms with Crippen LogP contribution in [0.3, 0.4) is 0 Å². The Balaban J connectivity index is 2.43. The van der Waals surface area contributed by atoms with Gasteiger partial charge in [0.1, 0.15) is 0 Å². The number of carbonyl (C=O) groups is 1. The van der Waals surface area contributed by atoms with Crippen LogP contribution in [-0.2, 0) is 18.0 Å². The van der Waals surface area contributed by atoms with Gasteiger partial charge in [-0.25, -0.2) is 4.79 Å². The Hall–Kier alpha value is -1.28. The van der Waals surface area contributed by atoms with Crippen LogP contribution in [0.4, 0.5) is 0 Å². The van der Waals surface area contributed by atoms with Crippen molar-refractivity contribution in [1.82, 2.24) is 4.98 Å². The molecule has 7 heteroatoms. The highest BCUT2D eigenvalue weighted by Crippen LogP contribution is 2.18. The molecule has 0 N–H and O–H groups in total. The van der Waals surface area contributed by atoms with E-state index >= 15 is 0 Å². The van der Waals surface area contributed by atoms with E-state index in [9.17, 15) is 4.79 Å². The predicted octanol–water partition coefficient (Wildman–Crippen LogP) is 2.68.